The van der Waals surface area contributed by atoms with Gasteiger partial charge in [-0.2, -0.15) is 0 Å². The minimum absolute atomic E-state index is 0.0317. The Balaban J connectivity index is 1.82. The van der Waals surface area contributed by atoms with Crippen molar-refractivity contribution in [1.82, 2.24) is 4.72 Å². The molecule has 2 N–H and O–H groups in total. The summed E-state index contributed by atoms with van der Waals surface area (Å²) in [5.41, 5.74) is -0.0999. The van der Waals surface area contributed by atoms with Crippen LogP contribution in [0.5, 0.6) is 5.75 Å². The monoisotopic (exact) mass is 359 g/mol. The van der Waals surface area contributed by atoms with Gasteiger partial charge in [0.05, 0.1) is 11.1 Å². The molecule has 1 aromatic carbocycles. The van der Waals surface area contributed by atoms with Crippen LogP contribution in [-0.4, -0.2) is 32.3 Å². The van der Waals surface area contributed by atoms with E-state index in [1.54, 1.807) is 0 Å². The number of halogens is 1. The quantitative estimate of drug-likeness (QED) is 0.847. The molecule has 0 radical (unpaired) electrons. The number of para-hydroxylation sites is 1. The minimum atomic E-state index is -3.82. The van der Waals surface area contributed by atoms with Crippen LogP contribution in [0.4, 0.5) is 0 Å². The molecule has 5 nitrogen and oxygen atoms in total. The summed E-state index contributed by atoms with van der Waals surface area (Å²) in [6.45, 7) is 2.60. The fraction of sp³-hybridized carbons (Fsp3) is 0.625. The van der Waals surface area contributed by atoms with E-state index in [-0.39, 0.29) is 27.5 Å². The van der Waals surface area contributed by atoms with E-state index in [9.17, 15) is 13.5 Å². The molecule has 1 aromatic rings. The van der Waals surface area contributed by atoms with Crippen molar-refractivity contribution in [1.29, 1.82) is 0 Å². The maximum atomic E-state index is 12.6. The Hall–Kier alpha value is -0.820. The number of benzene rings is 1. The summed E-state index contributed by atoms with van der Waals surface area (Å²) < 4.78 is 33.9. The van der Waals surface area contributed by atoms with Gasteiger partial charge in [-0.3, -0.25) is 0 Å². The number of hydrogen-bond donors (Lipinski definition) is 2. The molecule has 2 fully saturated rings. The summed E-state index contributed by atoms with van der Waals surface area (Å²) in [5, 5.41) is 9.99. The minimum Gasteiger partial charge on any atom is -0.505 e. The van der Waals surface area contributed by atoms with Crippen molar-refractivity contribution in [2.24, 2.45) is 5.41 Å². The average molecular weight is 360 g/mol. The molecule has 128 valence electrons. The van der Waals surface area contributed by atoms with Crippen LogP contribution in [0.1, 0.15) is 39.0 Å². The predicted octanol–water partition coefficient (Wildman–Crippen LogP) is 3.06. The van der Waals surface area contributed by atoms with E-state index in [4.69, 9.17) is 16.3 Å². The number of hydrogen-bond acceptors (Lipinski definition) is 4. The van der Waals surface area contributed by atoms with Gasteiger partial charge in [0.25, 0.3) is 0 Å². The second-order valence-corrected chi connectivity index (χ2v) is 8.47. The van der Waals surface area contributed by atoms with E-state index in [2.05, 4.69) is 4.72 Å². The Labute approximate surface area is 142 Å². The van der Waals surface area contributed by atoms with E-state index in [1.165, 1.54) is 18.2 Å². The largest absolute Gasteiger partial charge is 0.505 e. The number of nitrogens with one attached hydrogen (secondary N) is 1. The van der Waals surface area contributed by atoms with Crippen LogP contribution in [0.3, 0.4) is 0 Å². The summed E-state index contributed by atoms with van der Waals surface area (Å²) in [5.74, 6) is -0.400. The Morgan fingerprint density at radius 3 is 2.74 bits per heavy atom. The first kappa shape index (κ1) is 17.0. The van der Waals surface area contributed by atoms with Crippen molar-refractivity contribution in [3.8, 4) is 5.75 Å². The third-order valence-electron chi connectivity index (χ3n) is 5.22. The van der Waals surface area contributed by atoms with E-state index < -0.39 is 15.8 Å². The van der Waals surface area contributed by atoms with Crippen LogP contribution in [0.25, 0.3) is 0 Å². The molecular weight excluding hydrogens is 338 g/mol. The number of ether oxygens (including phenoxy) is 1. The summed E-state index contributed by atoms with van der Waals surface area (Å²) in [4.78, 5) is -0.169. The average Bonchev–Trinajstić information content (AvgIpc) is 3.01. The second-order valence-electron chi connectivity index (χ2n) is 6.38. The highest BCUT2D eigenvalue weighted by Gasteiger charge is 2.57. The van der Waals surface area contributed by atoms with Crippen molar-refractivity contribution in [2.75, 3.05) is 6.61 Å². The highest BCUT2D eigenvalue weighted by atomic mass is 35.5. The molecule has 2 aliphatic rings. The van der Waals surface area contributed by atoms with Gasteiger partial charge in [-0.05, 0) is 38.3 Å². The lowest BCUT2D eigenvalue weighted by atomic mass is 9.61. The topological polar surface area (TPSA) is 75.6 Å². The summed E-state index contributed by atoms with van der Waals surface area (Å²) in [6.07, 6.45) is 4.96. The smallest absolute Gasteiger partial charge is 0.244 e. The number of phenolic OH excluding ortho intramolecular Hbond substituents is 1. The molecule has 3 rings (SSSR count). The molecule has 1 spiro atoms. The Kier molecular flexibility index (Phi) is 4.62. The van der Waals surface area contributed by atoms with Crippen LogP contribution in [0.2, 0.25) is 5.02 Å². The van der Waals surface area contributed by atoms with Gasteiger partial charge < -0.3 is 9.84 Å². The number of aromatic hydroxyl groups is 1. The standard InChI is InChI=1S/C16H22ClNO4S/c1-2-22-14-10-13(16(14)8-3-4-9-16)18-23(20,21)12-7-5-6-11(17)15(12)19/h5-7,13-14,18-19H,2-4,8-10H2,1H3. The summed E-state index contributed by atoms with van der Waals surface area (Å²) in [6, 6.07) is 4.20. The third kappa shape index (κ3) is 2.86. The number of rotatable bonds is 5. The van der Waals surface area contributed by atoms with Crippen LogP contribution < -0.4 is 4.72 Å². The Bertz CT molecular complexity index is 685. The van der Waals surface area contributed by atoms with Crippen molar-refractivity contribution in [3.05, 3.63) is 23.2 Å². The van der Waals surface area contributed by atoms with E-state index in [0.29, 0.717) is 13.0 Å². The number of phenols is 1. The molecule has 0 aromatic heterocycles. The van der Waals surface area contributed by atoms with Crippen molar-refractivity contribution >= 4 is 21.6 Å². The molecule has 2 unspecified atom stereocenters. The zero-order chi connectivity index (χ0) is 16.7. The van der Waals surface area contributed by atoms with Crippen LogP contribution in [0.15, 0.2) is 23.1 Å². The molecule has 2 aliphatic carbocycles. The van der Waals surface area contributed by atoms with E-state index in [0.717, 1.165) is 25.7 Å². The first-order valence-corrected chi connectivity index (χ1v) is 9.88. The number of sulfonamides is 1. The molecule has 2 atom stereocenters. The van der Waals surface area contributed by atoms with E-state index >= 15 is 0 Å². The van der Waals surface area contributed by atoms with Gasteiger partial charge >= 0.3 is 0 Å². The molecule has 7 heteroatoms. The predicted molar refractivity (Wildman–Crippen MR) is 88.2 cm³/mol. The van der Waals surface area contributed by atoms with Gasteiger partial charge in [-0.1, -0.05) is 30.5 Å². The molecule has 0 saturated heterocycles. The zero-order valence-electron chi connectivity index (χ0n) is 13.1. The highest BCUT2D eigenvalue weighted by molar-refractivity contribution is 7.89. The van der Waals surface area contributed by atoms with Crippen molar-refractivity contribution in [3.63, 3.8) is 0 Å². The lowest BCUT2D eigenvalue weighted by Crippen LogP contribution is -2.63. The fourth-order valence-electron chi connectivity index (χ4n) is 4.01. The molecule has 0 aliphatic heterocycles. The maximum Gasteiger partial charge on any atom is 0.244 e. The first-order valence-electron chi connectivity index (χ1n) is 8.02. The van der Waals surface area contributed by atoms with Crippen molar-refractivity contribution < 1.29 is 18.3 Å². The maximum absolute atomic E-state index is 12.6. The van der Waals surface area contributed by atoms with Gasteiger partial charge in [0.15, 0.2) is 5.75 Å². The fourth-order valence-corrected chi connectivity index (χ4v) is 5.70. The second kappa shape index (κ2) is 6.24. The van der Waals surface area contributed by atoms with E-state index in [1.807, 2.05) is 6.92 Å². The molecule has 2 saturated carbocycles. The molecule has 0 heterocycles. The normalized spacial score (nSPS) is 26.3. The summed E-state index contributed by atoms with van der Waals surface area (Å²) in [7, 11) is -3.82. The highest BCUT2D eigenvalue weighted by Crippen LogP contribution is 2.55. The van der Waals surface area contributed by atoms with Crippen LogP contribution >= 0.6 is 11.6 Å². The van der Waals surface area contributed by atoms with Crippen molar-refractivity contribution in [2.45, 2.75) is 56.1 Å². The molecule has 0 amide bonds. The third-order valence-corrected chi connectivity index (χ3v) is 7.03. The van der Waals surface area contributed by atoms with Crippen LogP contribution in [0, 0.1) is 5.41 Å². The van der Waals surface area contributed by atoms with Gasteiger partial charge in [0.1, 0.15) is 4.90 Å². The van der Waals surface area contributed by atoms with Gasteiger partial charge in [0.2, 0.25) is 10.0 Å². The lowest BCUT2D eigenvalue weighted by Gasteiger charge is -2.53. The lowest BCUT2D eigenvalue weighted by molar-refractivity contribution is -0.124. The van der Waals surface area contributed by atoms with Gasteiger partial charge in [0, 0.05) is 18.1 Å². The molecular formula is C16H22ClNO4S. The van der Waals surface area contributed by atoms with Gasteiger partial charge in [-0.25, -0.2) is 13.1 Å². The first-order chi connectivity index (χ1) is 10.9. The van der Waals surface area contributed by atoms with Gasteiger partial charge in [-0.15, -0.1) is 0 Å². The zero-order valence-corrected chi connectivity index (χ0v) is 14.7. The van der Waals surface area contributed by atoms with Crippen LogP contribution in [-0.2, 0) is 14.8 Å². The SMILES string of the molecule is CCOC1CC(NS(=O)(=O)c2cccc(Cl)c2O)C12CCCC2. The molecule has 0 bridgehead atoms. The molecule has 23 heavy (non-hydrogen) atoms. The Morgan fingerprint density at radius 1 is 1.39 bits per heavy atom. The Morgan fingerprint density at radius 2 is 2.09 bits per heavy atom. The summed E-state index contributed by atoms with van der Waals surface area (Å²) >= 11 is 5.83.